The van der Waals surface area contributed by atoms with Crippen molar-refractivity contribution < 1.29 is 4.79 Å². The number of thiazole rings is 1. The lowest BCUT2D eigenvalue weighted by atomic mass is 10.3. The van der Waals surface area contributed by atoms with Crippen LogP contribution in [0.2, 0.25) is 0 Å². The van der Waals surface area contributed by atoms with Gasteiger partial charge in [-0.3, -0.25) is 9.78 Å². The molecule has 0 atom stereocenters. The van der Waals surface area contributed by atoms with Gasteiger partial charge in [0, 0.05) is 18.0 Å². The van der Waals surface area contributed by atoms with E-state index in [9.17, 15) is 4.79 Å². The summed E-state index contributed by atoms with van der Waals surface area (Å²) in [5.74, 6) is 0. The van der Waals surface area contributed by atoms with Gasteiger partial charge in [0.05, 0.1) is 6.20 Å². The van der Waals surface area contributed by atoms with Gasteiger partial charge in [-0.25, -0.2) is 4.98 Å². The van der Waals surface area contributed by atoms with Crippen molar-refractivity contribution in [3.05, 3.63) is 35.6 Å². The molecule has 0 radical (unpaired) electrons. The maximum absolute atomic E-state index is 10.8. The fourth-order valence-corrected chi connectivity index (χ4v) is 1.89. The van der Waals surface area contributed by atoms with Gasteiger partial charge in [0.1, 0.15) is 9.88 Å². The van der Waals surface area contributed by atoms with Gasteiger partial charge < -0.3 is 0 Å². The Hall–Kier alpha value is -1.26. The molecule has 0 saturated carbocycles. The lowest BCUT2D eigenvalue weighted by Gasteiger charge is -1.91. The van der Waals surface area contributed by atoms with E-state index in [2.05, 4.69) is 9.97 Å². The highest BCUT2D eigenvalue weighted by atomic mass is 35.5. The number of hydrogen-bond donors (Lipinski definition) is 0. The maximum Gasteiger partial charge on any atom is 0.264 e. The number of aromatic nitrogens is 2. The molecule has 0 unspecified atom stereocenters. The van der Waals surface area contributed by atoms with Crippen molar-refractivity contribution in [1.82, 2.24) is 9.97 Å². The lowest BCUT2D eigenvalue weighted by molar-refractivity contribution is 0.108. The molecule has 0 aliphatic rings. The highest BCUT2D eigenvalue weighted by Gasteiger charge is 2.08. The van der Waals surface area contributed by atoms with Crippen molar-refractivity contribution in [3.8, 4) is 10.6 Å². The van der Waals surface area contributed by atoms with Crippen LogP contribution in [0.4, 0.5) is 0 Å². The van der Waals surface area contributed by atoms with Crippen molar-refractivity contribution in [2.75, 3.05) is 0 Å². The van der Waals surface area contributed by atoms with Gasteiger partial charge in [-0.1, -0.05) is 0 Å². The Morgan fingerprint density at radius 3 is 2.86 bits per heavy atom. The SMILES string of the molecule is O=C(Cl)c1cnc(-c2cccnc2)s1. The molecule has 0 aliphatic heterocycles. The molecular formula is C9H5ClN2OS. The molecule has 0 saturated heterocycles. The van der Waals surface area contributed by atoms with Gasteiger partial charge in [0.15, 0.2) is 0 Å². The van der Waals surface area contributed by atoms with Crippen LogP contribution in [0.1, 0.15) is 9.67 Å². The molecule has 2 aromatic heterocycles. The fraction of sp³-hybridized carbons (Fsp3) is 0. The molecule has 0 amide bonds. The number of carbonyl (C=O) groups excluding carboxylic acids is 1. The molecule has 0 aromatic carbocycles. The van der Waals surface area contributed by atoms with Gasteiger partial charge in [-0.05, 0) is 23.7 Å². The Labute approximate surface area is 89.4 Å². The maximum atomic E-state index is 10.8. The third kappa shape index (κ3) is 1.81. The summed E-state index contributed by atoms with van der Waals surface area (Å²) in [6, 6.07) is 3.70. The summed E-state index contributed by atoms with van der Waals surface area (Å²) in [6.45, 7) is 0. The monoisotopic (exact) mass is 224 g/mol. The largest absolute Gasteiger partial charge is 0.275 e. The lowest BCUT2D eigenvalue weighted by Crippen LogP contribution is -1.78. The van der Waals surface area contributed by atoms with Crippen molar-refractivity contribution in [2.24, 2.45) is 0 Å². The predicted octanol–water partition coefficient (Wildman–Crippen LogP) is 2.58. The first-order valence-corrected chi connectivity index (χ1v) is 5.03. The molecule has 2 aromatic rings. The molecule has 0 aliphatic carbocycles. The minimum Gasteiger partial charge on any atom is -0.275 e. The van der Waals surface area contributed by atoms with Gasteiger partial charge in [-0.15, -0.1) is 11.3 Å². The zero-order valence-corrected chi connectivity index (χ0v) is 8.55. The standard InChI is InChI=1S/C9H5ClN2OS/c10-8(13)7-5-12-9(14-7)6-2-1-3-11-4-6/h1-5H. The number of carbonyl (C=O) groups is 1. The first-order valence-electron chi connectivity index (χ1n) is 3.83. The van der Waals surface area contributed by atoms with Crippen LogP contribution in [0, 0.1) is 0 Å². The molecule has 70 valence electrons. The molecule has 0 N–H and O–H groups in total. The Balaban J connectivity index is 2.39. The normalized spacial score (nSPS) is 10.1. The van der Waals surface area contributed by atoms with E-state index in [1.807, 2.05) is 12.1 Å². The van der Waals surface area contributed by atoms with Crippen molar-refractivity contribution in [3.63, 3.8) is 0 Å². The summed E-state index contributed by atoms with van der Waals surface area (Å²) in [4.78, 5) is 19.3. The van der Waals surface area contributed by atoms with Crippen LogP contribution in [0.25, 0.3) is 10.6 Å². The van der Waals surface area contributed by atoms with Crippen molar-refractivity contribution in [1.29, 1.82) is 0 Å². The molecule has 0 fully saturated rings. The van der Waals surface area contributed by atoms with Gasteiger partial charge >= 0.3 is 0 Å². The van der Waals surface area contributed by atoms with E-state index in [4.69, 9.17) is 11.6 Å². The summed E-state index contributed by atoms with van der Waals surface area (Å²) in [5.41, 5.74) is 0.890. The van der Waals surface area contributed by atoms with E-state index in [1.165, 1.54) is 17.5 Å². The van der Waals surface area contributed by atoms with Gasteiger partial charge in [0.2, 0.25) is 0 Å². The van der Waals surface area contributed by atoms with Crippen LogP contribution in [-0.2, 0) is 0 Å². The highest BCUT2D eigenvalue weighted by Crippen LogP contribution is 2.24. The quantitative estimate of drug-likeness (QED) is 0.737. The number of pyridine rings is 1. The number of rotatable bonds is 2. The third-order valence-corrected chi connectivity index (χ3v) is 2.97. The second-order valence-electron chi connectivity index (χ2n) is 2.55. The van der Waals surface area contributed by atoms with Crippen molar-refractivity contribution >= 4 is 28.2 Å². The third-order valence-electron chi connectivity index (χ3n) is 1.61. The molecule has 0 bridgehead atoms. The Kier molecular flexibility index (Phi) is 2.56. The zero-order chi connectivity index (χ0) is 9.97. The van der Waals surface area contributed by atoms with E-state index >= 15 is 0 Å². The second-order valence-corrected chi connectivity index (χ2v) is 3.92. The highest BCUT2D eigenvalue weighted by molar-refractivity contribution is 7.18. The van der Waals surface area contributed by atoms with Crippen molar-refractivity contribution in [2.45, 2.75) is 0 Å². The molecule has 5 heteroatoms. The van der Waals surface area contributed by atoms with Crippen LogP contribution >= 0.6 is 22.9 Å². The molecule has 2 rings (SSSR count). The van der Waals surface area contributed by atoms with Gasteiger partial charge in [-0.2, -0.15) is 0 Å². The van der Waals surface area contributed by atoms with E-state index in [0.29, 0.717) is 4.88 Å². The second kappa shape index (κ2) is 3.86. The first kappa shape index (κ1) is 9.30. The molecule has 14 heavy (non-hydrogen) atoms. The minimum absolute atomic E-state index is 0.450. The predicted molar refractivity (Wildman–Crippen MR) is 55.5 cm³/mol. The number of hydrogen-bond acceptors (Lipinski definition) is 4. The number of nitrogens with zero attached hydrogens (tertiary/aromatic N) is 2. The van der Waals surface area contributed by atoms with E-state index in [0.717, 1.165) is 10.6 Å². The molecule has 2 heterocycles. The Bertz CT molecular complexity index is 455. The smallest absolute Gasteiger partial charge is 0.264 e. The first-order chi connectivity index (χ1) is 6.77. The molecule has 3 nitrogen and oxygen atoms in total. The summed E-state index contributed by atoms with van der Waals surface area (Å²) in [7, 11) is 0. The summed E-state index contributed by atoms with van der Waals surface area (Å²) in [5, 5.41) is 0.278. The zero-order valence-electron chi connectivity index (χ0n) is 6.98. The van der Waals surface area contributed by atoms with Crippen LogP contribution < -0.4 is 0 Å². The van der Waals surface area contributed by atoms with Crippen LogP contribution in [0.15, 0.2) is 30.7 Å². The average molecular weight is 225 g/mol. The summed E-state index contributed by atoms with van der Waals surface area (Å²) < 4.78 is 0. The topological polar surface area (TPSA) is 42.9 Å². The van der Waals surface area contributed by atoms with E-state index in [-0.39, 0.29) is 0 Å². The Morgan fingerprint density at radius 1 is 1.43 bits per heavy atom. The summed E-state index contributed by atoms with van der Waals surface area (Å²) in [6.07, 6.45) is 4.86. The van der Waals surface area contributed by atoms with Crippen LogP contribution in [0.5, 0.6) is 0 Å². The number of halogens is 1. The Morgan fingerprint density at radius 2 is 2.29 bits per heavy atom. The van der Waals surface area contributed by atoms with E-state index in [1.54, 1.807) is 12.4 Å². The minimum atomic E-state index is -0.474. The fourth-order valence-electron chi connectivity index (χ4n) is 0.988. The van der Waals surface area contributed by atoms with Crippen LogP contribution in [-0.4, -0.2) is 15.2 Å². The molecule has 0 spiro atoms. The average Bonchev–Trinajstić information content (AvgIpc) is 2.68. The van der Waals surface area contributed by atoms with Crippen LogP contribution in [0.3, 0.4) is 0 Å². The van der Waals surface area contributed by atoms with Gasteiger partial charge in [0.25, 0.3) is 5.24 Å². The van der Waals surface area contributed by atoms with E-state index < -0.39 is 5.24 Å². The molecular weight excluding hydrogens is 220 g/mol. The summed E-state index contributed by atoms with van der Waals surface area (Å²) >= 11 is 6.58.